The molecule has 166 valence electrons. The molecule has 0 fully saturated rings. The van der Waals surface area contributed by atoms with Crippen LogP contribution in [0, 0.1) is 0 Å². The van der Waals surface area contributed by atoms with E-state index < -0.39 is 6.23 Å². The predicted octanol–water partition coefficient (Wildman–Crippen LogP) is 5.35. The molecule has 0 spiro atoms. The number of rotatable bonds is 6. The number of hydrogen-bond donors (Lipinski definition) is 1. The quantitative estimate of drug-likeness (QED) is 0.387. The third kappa shape index (κ3) is 4.29. The van der Waals surface area contributed by atoms with Crippen molar-refractivity contribution in [2.24, 2.45) is 0 Å². The summed E-state index contributed by atoms with van der Waals surface area (Å²) in [5, 5.41) is 12.6. The normalized spacial score (nSPS) is 14.2. The SMILES string of the molecule is COc1cccc(C2Nc3ccccc3-c3nnc(SC)nc3O2)c1OCc1ccccc1. The fourth-order valence-corrected chi connectivity index (χ4v) is 3.96. The van der Waals surface area contributed by atoms with Gasteiger partial charge in [0.15, 0.2) is 17.2 Å². The lowest BCUT2D eigenvalue weighted by atomic mass is 10.1. The number of aromatic nitrogens is 3. The Morgan fingerprint density at radius 1 is 0.970 bits per heavy atom. The van der Waals surface area contributed by atoms with Gasteiger partial charge < -0.3 is 19.5 Å². The van der Waals surface area contributed by atoms with Gasteiger partial charge in [-0.1, -0.05) is 66.4 Å². The Bertz CT molecular complexity index is 1270. The first kappa shape index (κ1) is 21.1. The molecule has 1 N–H and O–H groups in total. The van der Waals surface area contributed by atoms with Crippen LogP contribution in [-0.4, -0.2) is 28.5 Å². The number of hydrogen-bond acceptors (Lipinski definition) is 8. The van der Waals surface area contributed by atoms with Crippen LogP contribution in [0.1, 0.15) is 17.4 Å². The lowest BCUT2D eigenvalue weighted by Crippen LogP contribution is -2.18. The van der Waals surface area contributed by atoms with Gasteiger partial charge in [-0.3, -0.25) is 0 Å². The van der Waals surface area contributed by atoms with Crippen LogP contribution in [0.4, 0.5) is 5.69 Å². The molecule has 0 aliphatic carbocycles. The highest BCUT2D eigenvalue weighted by molar-refractivity contribution is 7.98. The van der Waals surface area contributed by atoms with Crippen LogP contribution in [0.15, 0.2) is 78.0 Å². The van der Waals surface area contributed by atoms with Gasteiger partial charge in [0.2, 0.25) is 17.3 Å². The van der Waals surface area contributed by atoms with E-state index in [1.807, 2.05) is 79.1 Å². The molecule has 0 bridgehead atoms. The van der Waals surface area contributed by atoms with Crippen molar-refractivity contribution >= 4 is 17.4 Å². The molecule has 8 heteroatoms. The summed E-state index contributed by atoms with van der Waals surface area (Å²) in [6, 6.07) is 23.6. The molecule has 4 aromatic rings. The Kier molecular flexibility index (Phi) is 5.99. The molecule has 0 saturated heterocycles. The zero-order chi connectivity index (χ0) is 22.6. The van der Waals surface area contributed by atoms with Crippen molar-refractivity contribution in [2.45, 2.75) is 18.0 Å². The van der Waals surface area contributed by atoms with E-state index in [-0.39, 0.29) is 0 Å². The molecule has 1 aliphatic rings. The summed E-state index contributed by atoms with van der Waals surface area (Å²) in [7, 11) is 1.63. The van der Waals surface area contributed by atoms with E-state index in [2.05, 4.69) is 20.5 Å². The van der Waals surface area contributed by atoms with E-state index in [1.165, 1.54) is 11.8 Å². The highest BCUT2D eigenvalue weighted by atomic mass is 32.2. The average Bonchev–Trinajstić information content (AvgIpc) is 3.04. The molecule has 3 aromatic carbocycles. The first-order valence-electron chi connectivity index (χ1n) is 10.4. The van der Waals surface area contributed by atoms with Crippen LogP contribution in [0.5, 0.6) is 17.4 Å². The zero-order valence-electron chi connectivity index (χ0n) is 18.2. The smallest absolute Gasteiger partial charge is 0.247 e. The lowest BCUT2D eigenvalue weighted by Gasteiger charge is -2.23. The van der Waals surface area contributed by atoms with Gasteiger partial charge in [-0.25, -0.2) is 0 Å². The van der Waals surface area contributed by atoms with E-state index in [4.69, 9.17) is 14.2 Å². The van der Waals surface area contributed by atoms with Crippen molar-refractivity contribution in [3.8, 4) is 28.6 Å². The maximum Gasteiger partial charge on any atom is 0.247 e. The molecule has 0 radical (unpaired) electrons. The van der Waals surface area contributed by atoms with Crippen molar-refractivity contribution in [3.05, 3.63) is 83.9 Å². The Morgan fingerprint density at radius 2 is 1.79 bits per heavy atom. The summed E-state index contributed by atoms with van der Waals surface area (Å²) in [5.41, 5.74) is 4.18. The van der Waals surface area contributed by atoms with Crippen LogP contribution >= 0.6 is 11.8 Å². The second-order valence-electron chi connectivity index (χ2n) is 7.29. The predicted molar refractivity (Wildman–Crippen MR) is 128 cm³/mol. The molecule has 33 heavy (non-hydrogen) atoms. The number of methoxy groups -OCH3 is 1. The standard InChI is InChI=1S/C25H22N4O3S/c1-30-20-14-8-12-18(22(20)31-15-16-9-4-3-5-10-16)23-26-19-13-7-6-11-17(19)21-24(32-23)27-25(33-2)29-28-21/h3-14,23,26H,15H2,1-2H3. The molecule has 0 amide bonds. The highest BCUT2D eigenvalue weighted by Crippen LogP contribution is 2.43. The summed E-state index contributed by atoms with van der Waals surface area (Å²) in [5.74, 6) is 1.64. The third-order valence-electron chi connectivity index (χ3n) is 5.25. The van der Waals surface area contributed by atoms with Crippen LogP contribution in [0.2, 0.25) is 0 Å². The van der Waals surface area contributed by atoms with Gasteiger partial charge in [0.25, 0.3) is 0 Å². The van der Waals surface area contributed by atoms with E-state index in [9.17, 15) is 0 Å². The highest BCUT2D eigenvalue weighted by Gasteiger charge is 2.29. The van der Waals surface area contributed by atoms with Crippen LogP contribution < -0.4 is 19.5 Å². The summed E-state index contributed by atoms with van der Waals surface area (Å²) in [6.07, 6.45) is 1.32. The van der Waals surface area contributed by atoms with Gasteiger partial charge in [0.1, 0.15) is 6.61 Å². The Balaban J connectivity index is 1.57. The molecule has 7 nitrogen and oxygen atoms in total. The molecular weight excluding hydrogens is 436 g/mol. The summed E-state index contributed by atoms with van der Waals surface area (Å²) < 4.78 is 18.3. The molecule has 1 aromatic heterocycles. The number of thioether (sulfide) groups is 1. The first-order chi connectivity index (χ1) is 16.3. The van der Waals surface area contributed by atoms with E-state index in [0.29, 0.717) is 34.8 Å². The van der Waals surface area contributed by atoms with Crippen molar-refractivity contribution in [1.82, 2.24) is 15.2 Å². The Hall–Kier alpha value is -3.78. The van der Waals surface area contributed by atoms with Crippen LogP contribution in [0.3, 0.4) is 0 Å². The number of ether oxygens (including phenoxy) is 3. The Labute approximate surface area is 196 Å². The van der Waals surface area contributed by atoms with Gasteiger partial charge in [-0.05, 0) is 30.0 Å². The summed E-state index contributed by atoms with van der Waals surface area (Å²) in [6.45, 7) is 0.397. The third-order valence-corrected chi connectivity index (χ3v) is 5.79. The van der Waals surface area contributed by atoms with Crippen molar-refractivity contribution in [3.63, 3.8) is 0 Å². The maximum absolute atomic E-state index is 6.39. The minimum absolute atomic E-state index is 0.397. The maximum atomic E-state index is 6.39. The van der Waals surface area contributed by atoms with Crippen molar-refractivity contribution in [1.29, 1.82) is 0 Å². The molecule has 5 rings (SSSR count). The monoisotopic (exact) mass is 458 g/mol. The minimum atomic E-state index is -0.584. The second kappa shape index (κ2) is 9.38. The largest absolute Gasteiger partial charge is 0.493 e. The summed E-state index contributed by atoms with van der Waals surface area (Å²) in [4.78, 5) is 4.59. The topological polar surface area (TPSA) is 78.4 Å². The molecule has 2 heterocycles. The Morgan fingerprint density at radius 3 is 2.61 bits per heavy atom. The van der Waals surface area contributed by atoms with Gasteiger partial charge in [-0.15, -0.1) is 10.2 Å². The van der Waals surface area contributed by atoms with Crippen molar-refractivity contribution in [2.75, 3.05) is 18.7 Å². The summed E-state index contributed by atoms with van der Waals surface area (Å²) >= 11 is 1.41. The first-order valence-corrected chi connectivity index (χ1v) is 11.6. The van der Waals surface area contributed by atoms with Gasteiger partial charge in [0.05, 0.1) is 12.7 Å². The number of fused-ring (bicyclic) bond motifs is 3. The zero-order valence-corrected chi connectivity index (χ0v) is 19.0. The van der Waals surface area contributed by atoms with Crippen LogP contribution in [-0.2, 0) is 6.61 Å². The molecule has 0 saturated carbocycles. The van der Waals surface area contributed by atoms with Crippen LogP contribution in [0.25, 0.3) is 11.3 Å². The molecule has 1 atom stereocenters. The van der Waals surface area contributed by atoms with Gasteiger partial charge >= 0.3 is 0 Å². The fourth-order valence-electron chi connectivity index (χ4n) is 3.66. The molecular formula is C25H22N4O3S. The molecule has 1 unspecified atom stereocenters. The fraction of sp³-hybridized carbons (Fsp3) is 0.160. The van der Waals surface area contributed by atoms with Gasteiger partial charge in [-0.2, -0.15) is 4.98 Å². The van der Waals surface area contributed by atoms with E-state index >= 15 is 0 Å². The number of benzene rings is 3. The van der Waals surface area contributed by atoms with E-state index in [1.54, 1.807) is 7.11 Å². The number of anilines is 1. The number of para-hydroxylation sites is 2. The average molecular weight is 459 g/mol. The van der Waals surface area contributed by atoms with Gasteiger partial charge in [0, 0.05) is 11.3 Å². The molecule has 1 aliphatic heterocycles. The lowest BCUT2D eigenvalue weighted by molar-refractivity contribution is 0.211. The van der Waals surface area contributed by atoms with E-state index in [0.717, 1.165) is 22.4 Å². The second-order valence-corrected chi connectivity index (χ2v) is 8.07. The number of nitrogens with zero attached hydrogens (tertiary/aromatic N) is 3. The number of nitrogens with one attached hydrogen (secondary N) is 1. The van der Waals surface area contributed by atoms with Crippen molar-refractivity contribution < 1.29 is 14.2 Å². The minimum Gasteiger partial charge on any atom is -0.493 e.